The number of hydrogen-bond donors (Lipinski definition) is 0. The summed E-state index contributed by atoms with van der Waals surface area (Å²) in [5.74, 6) is 3.35. The fourth-order valence-electron chi connectivity index (χ4n) is 5.48. The van der Waals surface area contributed by atoms with Gasteiger partial charge in [-0.05, 0) is 74.3 Å². The van der Waals surface area contributed by atoms with Crippen molar-refractivity contribution in [1.29, 1.82) is 0 Å². The summed E-state index contributed by atoms with van der Waals surface area (Å²) < 4.78 is 39.0. The first-order valence-electron chi connectivity index (χ1n) is 11.6. The minimum Gasteiger partial charge on any atom is -0.171 e. The van der Waals surface area contributed by atoms with Gasteiger partial charge < -0.3 is 0 Å². The lowest BCUT2D eigenvalue weighted by Gasteiger charge is -2.37. The minimum atomic E-state index is -4.10. The van der Waals surface area contributed by atoms with Gasteiger partial charge >= 0.3 is 6.18 Å². The number of alkyl halides is 3. The van der Waals surface area contributed by atoms with Gasteiger partial charge in [0, 0.05) is 0 Å². The summed E-state index contributed by atoms with van der Waals surface area (Å²) in [5.41, 5.74) is 1.78. The molecule has 0 bridgehead atoms. The molecule has 0 nitrogen and oxygen atoms in total. The van der Waals surface area contributed by atoms with E-state index >= 15 is 0 Å². The Morgan fingerprint density at radius 1 is 0.967 bits per heavy atom. The average molecular weight is 417 g/mol. The highest BCUT2D eigenvalue weighted by atomic mass is 19.4. The van der Waals surface area contributed by atoms with Crippen LogP contribution in [0, 0.1) is 30.1 Å². The zero-order valence-electron chi connectivity index (χ0n) is 18.0. The quantitative estimate of drug-likeness (QED) is 0.312. The molecule has 0 N–H and O–H groups in total. The molecule has 1 aromatic rings. The van der Waals surface area contributed by atoms with E-state index in [1.54, 1.807) is 0 Å². The smallest absolute Gasteiger partial charge is 0.171 e. The van der Waals surface area contributed by atoms with Crippen molar-refractivity contribution in [3.8, 4) is 12.3 Å². The summed E-state index contributed by atoms with van der Waals surface area (Å²) in [6.07, 6.45) is 14.9. The fourth-order valence-corrected chi connectivity index (χ4v) is 5.48. The van der Waals surface area contributed by atoms with E-state index in [-0.39, 0.29) is 12.8 Å². The first-order valence-corrected chi connectivity index (χ1v) is 11.6. The van der Waals surface area contributed by atoms with Crippen molar-refractivity contribution in [3.63, 3.8) is 0 Å². The average Bonchev–Trinajstić information content (AvgIpc) is 2.76. The lowest BCUT2D eigenvalue weighted by atomic mass is 9.67. The molecule has 2 saturated carbocycles. The van der Waals surface area contributed by atoms with Gasteiger partial charge in [0.05, 0.1) is 11.3 Å². The molecule has 0 aromatic heterocycles. The molecule has 2 aliphatic carbocycles. The van der Waals surface area contributed by atoms with Crippen LogP contribution in [0.1, 0.15) is 81.8 Å². The summed E-state index contributed by atoms with van der Waals surface area (Å²) >= 11 is 0. The number of halogens is 3. The van der Waals surface area contributed by atoms with E-state index in [1.165, 1.54) is 44.1 Å². The summed E-state index contributed by atoms with van der Waals surface area (Å²) in [7, 11) is 0. The number of benzene rings is 1. The molecule has 3 rings (SSSR count). The van der Waals surface area contributed by atoms with Crippen LogP contribution in [0.4, 0.5) is 13.2 Å². The molecular weight excluding hydrogens is 381 g/mol. The maximum Gasteiger partial charge on any atom is 0.391 e. The van der Waals surface area contributed by atoms with Crippen LogP contribution in [0.25, 0.3) is 0 Å². The van der Waals surface area contributed by atoms with E-state index in [4.69, 9.17) is 6.42 Å². The van der Waals surface area contributed by atoms with Gasteiger partial charge in [-0.25, -0.2) is 0 Å². The first-order chi connectivity index (χ1) is 14.4. The SMILES string of the molecule is C#CC1(c2ccc(CC[C@H]3CC[C@H](CCC=C)CC3)cc2)CCC(C(F)(F)F)CC1. The number of allylic oxidation sites excluding steroid dienone is 1. The Morgan fingerprint density at radius 3 is 2.03 bits per heavy atom. The van der Waals surface area contributed by atoms with E-state index in [0.29, 0.717) is 12.8 Å². The molecule has 164 valence electrons. The van der Waals surface area contributed by atoms with Crippen LogP contribution in [-0.2, 0) is 11.8 Å². The van der Waals surface area contributed by atoms with Crippen LogP contribution in [0.3, 0.4) is 0 Å². The molecule has 2 aliphatic rings. The lowest BCUT2D eigenvalue weighted by molar-refractivity contribution is -0.183. The monoisotopic (exact) mass is 416 g/mol. The first kappa shape index (κ1) is 23.0. The second-order valence-electron chi connectivity index (χ2n) is 9.53. The molecule has 0 aliphatic heterocycles. The maximum atomic E-state index is 13.0. The maximum absolute atomic E-state index is 13.0. The Kier molecular flexibility index (Phi) is 7.72. The third-order valence-corrected chi connectivity index (χ3v) is 7.67. The molecule has 0 saturated heterocycles. The topological polar surface area (TPSA) is 0 Å². The summed E-state index contributed by atoms with van der Waals surface area (Å²) in [4.78, 5) is 0. The minimum absolute atomic E-state index is 0.130. The van der Waals surface area contributed by atoms with Crippen LogP contribution >= 0.6 is 0 Å². The molecule has 0 spiro atoms. The van der Waals surface area contributed by atoms with Crippen LogP contribution in [-0.4, -0.2) is 6.18 Å². The van der Waals surface area contributed by atoms with Gasteiger partial charge in [0.2, 0.25) is 0 Å². The van der Waals surface area contributed by atoms with Gasteiger partial charge in [-0.1, -0.05) is 61.9 Å². The highest BCUT2D eigenvalue weighted by Crippen LogP contribution is 2.46. The summed E-state index contributed by atoms with van der Waals surface area (Å²) in [6, 6.07) is 8.41. The van der Waals surface area contributed by atoms with Crippen molar-refractivity contribution in [2.45, 2.75) is 88.6 Å². The van der Waals surface area contributed by atoms with E-state index < -0.39 is 17.5 Å². The molecule has 0 amide bonds. The Bertz CT molecular complexity index is 706. The van der Waals surface area contributed by atoms with Crippen molar-refractivity contribution < 1.29 is 13.2 Å². The second kappa shape index (κ2) is 10.1. The zero-order chi connectivity index (χ0) is 21.6. The van der Waals surface area contributed by atoms with Gasteiger partial charge in [0.25, 0.3) is 0 Å². The third-order valence-electron chi connectivity index (χ3n) is 7.67. The van der Waals surface area contributed by atoms with Crippen LogP contribution in [0.5, 0.6) is 0 Å². The molecule has 3 heteroatoms. The number of aryl methyl sites for hydroxylation is 1. The fraction of sp³-hybridized carbons (Fsp3) is 0.630. The Balaban J connectivity index is 1.50. The molecule has 0 atom stereocenters. The van der Waals surface area contributed by atoms with Crippen molar-refractivity contribution in [1.82, 2.24) is 0 Å². The number of hydrogen-bond acceptors (Lipinski definition) is 0. The normalized spacial score (nSPS) is 29.9. The van der Waals surface area contributed by atoms with Crippen molar-refractivity contribution in [2.24, 2.45) is 17.8 Å². The van der Waals surface area contributed by atoms with Gasteiger partial charge in [-0.15, -0.1) is 13.0 Å². The number of rotatable bonds is 7. The molecule has 0 unspecified atom stereocenters. The van der Waals surface area contributed by atoms with Gasteiger partial charge in [-0.3, -0.25) is 0 Å². The van der Waals surface area contributed by atoms with E-state index in [0.717, 1.165) is 30.2 Å². The van der Waals surface area contributed by atoms with Gasteiger partial charge in [0.15, 0.2) is 0 Å². The molecule has 0 heterocycles. The van der Waals surface area contributed by atoms with E-state index in [2.05, 4.69) is 36.8 Å². The summed E-state index contributed by atoms with van der Waals surface area (Å²) in [5, 5.41) is 0. The van der Waals surface area contributed by atoms with E-state index in [9.17, 15) is 13.2 Å². The highest BCUT2D eigenvalue weighted by molar-refractivity contribution is 5.37. The molecule has 1 aromatic carbocycles. The lowest BCUT2D eigenvalue weighted by Crippen LogP contribution is -2.35. The molecule has 30 heavy (non-hydrogen) atoms. The van der Waals surface area contributed by atoms with E-state index in [1.807, 2.05) is 6.08 Å². The zero-order valence-corrected chi connectivity index (χ0v) is 18.0. The molecule has 0 radical (unpaired) electrons. The number of terminal acetylenes is 1. The predicted molar refractivity (Wildman–Crippen MR) is 118 cm³/mol. The molecule has 2 fully saturated rings. The Hall–Kier alpha value is -1.69. The Labute approximate surface area is 180 Å². The highest BCUT2D eigenvalue weighted by Gasteiger charge is 2.45. The second-order valence-corrected chi connectivity index (χ2v) is 9.53. The van der Waals surface area contributed by atoms with Crippen LogP contribution in [0.2, 0.25) is 0 Å². The predicted octanol–water partition coefficient (Wildman–Crippen LogP) is 8.02. The summed E-state index contributed by atoms with van der Waals surface area (Å²) in [6.45, 7) is 3.83. The van der Waals surface area contributed by atoms with Crippen molar-refractivity contribution in [3.05, 3.63) is 48.0 Å². The van der Waals surface area contributed by atoms with Crippen molar-refractivity contribution >= 4 is 0 Å². The largest absolute Gasteiger partial charge is 0.391 e. The third kappa shape index (κ3) is 5.71. The Morgan fingerprint density at radius 2 is 1.53 bits per heavy atom. The van der Waals surface area contributed by atoms with Crippen molar-refractivity contribution in [2.75, 3.05) is 0 Å². The molecular formula is C27H35F3. The van der Waals surface area contributed by atoms with Crippen LogP contribution in [0.15, 0.2) is 36.9 Å². The van der Waals surface area contributed by atoms with Crippen LogP contribution < -0.4 is 0 Å². The van der Waals surface area contributed by atoms with Gasteiger partial charge in [-0.2, -0.15) is 13.2 Å². The standard InChI is InChI=1S/C27H35F3/c1-3-5-6-21-7-9-22(10-8-21)11-12-23-13-15-24(16-14-23)26(4-2)19-17-25(18-20-26)27(28,29)30/h2-3,13-16,21-22,25H,1,5-12,17-20H2/t21-,22-,25?,26?. The van der Waals surface area contributed by atoms with Gasteiger partial charge in [0.1, 0.15) is 0 Å².